The molecule has 1 heteroatoms. The molecule has 100 valence electrons. The highest BCUT2D eigenvalue weighted by molar-refractivity contribution is 5.36. The minimum Gasteiger partial charge on any atom is -0.313 e. The van der Waals surface area contributed by atoms with E-state index >= 15 is 0 Å². The van der Waals surface area contributed by atoms with Crippen LogP contribution < -0.4 is 5.32 Å². The van der Waals surface area contributed by atoms with Crippen LogP contribution in [0.2, 0.25) is 0 Å². The predicted octanol–water partition coefficient (Wildman–Crippen LogP) is 4.26. The van der Waals surface area contributed by atoms with Crippen molar-refractivity contribution in [3.63, 3.8) is 0 Å². The van der Waals surface area contributed by atoms with Crippen molar-refractivity contribution in [2.75, 3.05) is 7.05 Å². The smallest absolute Gasteiger partial charge is 0.0325 e. The van der Waals surface area contributed by atoms with Gasteiger partial charge < -0.3 is 5.32 Å². The summed E-state index contributed by atoms with van der Waals surface area (Å²) in [7, 11) is 2.10. The van der Waals surface area contributed by atoms with E-state index in [2.05, 4.69) is 51.3 Å². The first kappa shape index (κ1) is 13.6. The molecule has 1 unspecified atom stereocenters. The third kappa shape index (κ3) is 2.95. The SMILES string of the molecule is CCCc1ccc2c(c1)C(NC)CC(C)(C)CC2. The summed E-state index contributed by atoms with van der Waals surface area (Å²) in [4.78, 5) is 0. The second-order valence-corrected chi connectivity index (χ2v) is 6.49. The third-order valence-electron chi connectivity index (χ3n) is 4.30. The van der Waals surface area contributed by atoms with Gasteiger partial charge in [-0.15, -0.1) is 0 Å². The molecule has 0 fully saturated rings. The quantitative estimate of drug-likeness (QED) is 0.785. The van der Waals surface area contributed by atoms with Crippen LogP contribution in [0.4, 0.5) is 0 Å². The van der Waals surface area contributed by atoms with Gasteiger partial charge >= 0.3 is 0 Å². The maximum atomic E-state index is 3.53. The lowest BCUT2D eigenvalue weighted by atomic mass is 9.83. The molecule has 0 heterocycles. The maximum absolute atomic E-state index is 3.53. The van der Waals surface area contributed by atoms with E-state index in [-0.39, 0.29) is 0 Å². The molecule has 0 spiro atoms. The molecule has 0 radical (unpaired) electrons. The van der Waals surface area contributed by atoms with E-state index in [0.29, 0.717) is 11.5 Å². The van der Waals surface area contributed by atoms with Crippen molar-refractivity contribution in [1.82, 2.24) is 5.32 Å². The maximum Gasteiger partial charge on any atom is 0.0325 e. The van der Waals surface area contributed by atoms with Gasteiger partial charge in [-0.2, -0.15) is 0 Å². The summed E-state index contributed by atoms with van der Waals surface area (Å²) < 4.78 is 0. The Morgan fingerprint density at radius 2 is 2.11 bits per heavy atom. The van der Waals surface area contributed by atoms with Crippen LogP contribution in [0.5, 0.6) is 0 Å². The zero-order valence-electron chi connectivity index (χ0n) is 12.3. The van der Waals surface area contributed by atoms with Crippen LogP contribution in [0.3, 0.4) is 0 Å². The van der Waals surface area contributed by atoms with Crippen molar-refractivity contribution in [3.05, 3.63) is 34.9 Å². The van der Waals surface area contributed by atoms with Crippen molar-refractivity contribution in [2.24, 2.45) is 5.41 Å². The van der Waals surface area contributed by atoms with Crippen molar-refractivity contribution in [3.8, 4) is 0 Å². The van der Waals surface area contributed by atoms with Crippen molar-refractivity contribution in [1.29, 1.82) is 0 Å². The summed E-state index contributed by atoms with van der Waals surface area (Å²) in [6.45, 7) is 7.05. The van der Waals surface area contributed by atoms with Gasteiger partial charge in [-0.25, -0.2) is 0 Å². The van der Waals surface area contributed by atoms with Gasteiger partial charge in [0, 0.05) is 6.04 Å². The summed E-state index contributed by atoms with van der Waals surface area (Å²) in [6, 6.07) is 7.66. The third-order valence-corrected chi connectivity index (χ3v) is 4.30. The van der Waals surface area contributed by atoms with Crippen molar-refractivity contribution in [2.45, 2.75) is 58.9 Å². The molecule has 0 saturated carbocycles. The summed E-state index contributed by atoms with van der Waals surface area (Å²) in [6.07, 6.45) is 6.20. The Balaban J connectivity index is 2.35. The van der Waals surface area contributed by atoms with E-state index in [1.165, 1.54) is 37.7 Å². The molecule has 0 bridgehead atoms. The van der Waals surface area contributed by atoms with Crippen LogP contribution in [0.25, 0.3) is 0 Å². The molecule has 18 heavy (non-hydrogen) atoms. The molecule has 2 rings (SSSR count). The van der Waals surface area contributed by atoms with Crippen LogP contribution in [-0.4, -0.2) is 7.05 Å². The molecule has 0 aromatic heterocycles. The highest BCUT2D eigenvalue weighted by Crippen LogP contribution is 2.39. The summed E-state index contributed by atoms with van der Waals surface area (Å²) >= 11 is 0. The van der Waals surface area contributed by atoms with Gasteiger partial charge in [-0.3, -0.25) is 0 Å². The minimum absolute atomic E-state index is 0.442. The first-order chi connectivity index (χ1) is 8.55. The number of aryl methyl sites for hydroxylation is 2. The topological polar surface area (TPSA) is 12.0 Å². The van der Waals surface area contributed by atoms with Gasteiger partial charge in [-0.1, -0.05) is 45.4 Å². The largest absolute Gasteiger partial charge is 0.313 e. The van der Waals surface area contributed by atoms with E-state index in [1.54, 1.807) is 11.1 Å². The molecule has 0 saturated heterocycles. The number of fused-ring (bicyclic) bond motifs is 1. The number of rotatable bonds is 3. The summed E-state index contributed by atoms with van der Waals surface area (Å²) in [5, 5.41) is 3.53. The highest BCUT2D eigenvalue weighted by Gasteiger charge is 2.28. The molecule has 1 nitrogen and oxygen atoms in total. The highest BCUT2D eigenvalue weighted by atomic mass is 14.9. The Hall–Kier alpha value is -0.820. The van der Waals surface area contributed by atoms with Crippen molar-refractivity contribution >= 4 is 0 Å². The lowest BCUT2D eigenvalue weighted by molar-refractivity contribution is 0.279. The minimum atomic E-state index is 0.442. The summed E-state index contributed by atoms with van der Waals surface area (Å²) in [5.74, 6) is 0. The lowest BCUT2D eigenvalue weighted by Crippen LogP contribution is -2.22. The molecular weight excluding hydrogens is 218 g/mol. The van der Waals surface area contributed by atoms with Gasteiger partial charge in [0.25, 0.3) is 0 Å². The van der Waals surface area contributed by atoms with Gasteiger partial charge in [0.1, 0.15) is 0 Å². The van der Waals surface area contributed by atoms with Crippen LogP contribution >= 0.6 is 0 Å². The Morgan fingerprint density at radius 3 is 2.78 bits per heavy atom. The zero-order chi connectivity index (χ0) is 13.2. The molecule has 1 aliphatic rings. The van der Waals surface area contributed by atoms with Gasteiger partial charge in [0.2, 0.25) is 0 Å². The van der Waals surface area contributed by atoms with E-state index in [4.69, 9.17) is 0 Å². The number of hydrogen-bond donors (Lipinski definition) is 1. The number of hydrogen-bond acceptors (Lipinski definition) is 1. The first-order valence-electron chi connectivity index (χ1n) is 7.34. The molecule has 0 aliphatic heterocycles. The second-order valence-electron chi connectivity index (χ2n) is 6.49. The molecule has 1 aliphatic carbocycles. The molecule has 1 aromatic carbocycles. The Labute approximate surface area is 112 Å². The predicted molar refractivity (Wildman–Crippen MR) is 79.0 cm³/mol. The lowest BCUT2D eigenvalue weighted by Gasteiger charge is -2.27. The number of benzene rings is 1. The average Bonchev–Trinajstić information content (AvgIpc) is 2.47. The standard InChI is InChI=1S/C17H27N/c1-5-6-13-7-8-14-9-10-17(2,3)12-16(18-4)15(14)11-13/h7-8,11,16,18H,5-6,9-10,12H2,1-4H3. The van der Waals surface area contributed by atoms with Gasteiger partial charge in [0.15, 0.2) is 0 Å². The molecule has 0 amide bonds. The summed E-state index contributed by atoms with van der Waals surface area (Å²) in [5.41, 5.74) is 5.04. The Morgan fingerprint density at radius 1 is 1.33 bits per heavy atom. The van der Waals surface area contributed by atoms with Crippen LogP contribution in [0.15, 0.2) is 18.2 Å². The molecule has 1 aromatic rings. The van der Waals surface area contributed by atoms with Crippen LogP contribution in [0, 0.1) is 5.41 Å². The Kier molecular flexibility index (Phi) is 4.11. The molecule has 1 N–H and O–H groups in total. The second kappa shape index (κ2) is 5.44. The fourth-order valence-electron chi connectivity index (χ4n) is 3.14. The van der Waals surface area contributed by atoms with Crippen LogP contribution in [-0.2, 0) is 12.8 Å². The van der Waals surface area contributed by atoms with E-state index in [0.717, 1.165) is 0 Å². The fraction of sp³-hybridized carbons (Fsp3) is 0.647. The Bertz CT molecular complexity index is 406. The zero-order valence-corrected chi connectivity index (χ0v) is 12.3. The van der Waals surface area contributed by atoms with E-state index in [1.807, 2.05) is 0 Å². The van der Waals surface area contributed by atoms with Crippen molar-refractivity contribution < 1.29 is 0 Å². The average molecular weight is 245 g/mol. The van der Waals surface area contributed by atoms with E-state index < -0.39 is 0 Å². The fourth-order valence-corrected chi connectivity index (χ4v) is 3.14. The normalized spacial score (nSPS) is 22.3. The van der Waals surface area contributed by atoms with Crippen LogP contribution in [0.1, 0.15) is 62.8 Å². The van der Waals surface area contributed by atoms with E-state index in [9.17, 15) is 0 Å². The van der Waals surface area contributed by atoms with Gasteiger partial charge in [0.05, 0.1) is 0 Å². The molecular formula is C17H27N. The first-order valence-corrected chi connectivity index (χ1v) is 7.34. The molecule has 1 atom stereocenters. The van der Waals surface area contributed by atoms with Gasteiger partial charge in [-0.05, 0) is 54.8 Å². The monoisotopic (exact) mass is 245 g/mol. The number of nitrogens with one attached hydrogen (secondary N) is 1.